The van der Waals surface area contributed by atoms with Crippen molar-refractivity contribution in [3.8, 4) is 0 Å². The number of rotatable bonds is 3. The molecule has 142 valence electrons. The van der Waals surface area contributed by atoms with Gasteiger partial charge in [-0.25, -0.2) is 32.6 Å². The third kappa shape index (κ3) is 2.60. The van der Waals surface area contributed by atoms with Crippen LogP contribution in [0.2, 0.25) is 0 Å². The summed E-state index contributed by atoms with van der Waals surface area (Å²) in [5.41, 5.74) is 2.35. The molecule has 0 fully saturated rings. The number of halogens is 3. The normalized spacial score (nSPS) is 16.7. The summed E-state index contributed by atoms with van der Waals surface area (Å²) in [4.78, 5) is 17.6. The molecule has 5 rings (SSSR count). The minimum absolute atomic E-state index is 0.243. The summed E-state index contributed by atoms with van der Waals surface area (Å²) in [6.07, 6.45) is 3.52. The lowest BCUT2D eigenvalue weighted by Gasteiger charge is -2.33. The first kappa shape index (κ1) is 16.7. The Bertz CT molecular complexity index is 1140. The lowest BCUT2D eigenvalue weighted by molar-refractivity contribution is 0.150. The van der Waals surface area contributed by atoms with Crippen molar-refractivity contribution in [2.75, 3.05) is 11.4 Å². The predicted molar refractivity (Wildman–Crippen MR) is 93.6 cm³/mol. The standard InChI is InChI=1S/C18H14F3N7/c19-11-2-1-4-28-14(11)6-13(26-28)16-15-12(24-9-25-15)3-5-27(16)18-22-7-10(8-23-18)17(20)21/h1-2,4,6-9,16-17H,3,5H2,(H,24,25)/t16-/m0/s1. The van der Waals surface area contributed by atoms with Crippen molar-refractivity contribution >= 4 is 11.5 Å². The van der Waals surface area contributed by atoms with Crippen LogP contribution in [0.5, 0.6) is 0 Å². The maximum Gasteiger partial charge on any atom is 0.266 e. The zero-order chi connectivity index (χ0) is 19.3. The third-order valence-corrected chi connectivity index (χ3v) is 4.84. The van der Waals surface area contributed by atoms with Gasteiger partial charge in [0.05, 0.1) is 23.3 Å². The molecule has 1 aliphatic heterocycles. The second-order valence-corrected chi connectivity index (χ2v) is 6.48. The second-order valence-electron chi connectivity index (χ2n) is 6.48. The Labute approximate surface area is 156 Å². The SMILES string of the molecule is Fc1cccn2nc([C@H]3c4nc[nH]c4CCN3c3ncc(C(F)F)cn3)cc12. The van der Waals surface area contributed by atoms with Gasteiger partial charge >= 0.3 is 0 Å². The first-order valence-electron chi connectivity index (χ1n) is 8.64. The summed E-state index contributed by atoms with van der Waals surface area (Å²) in [5.74, 6) is -0.0935. The monoisotopic (exact) mass is 385 g/mol. The number of nitrogens with zero attached hydrogens (tertiary/aromatic N) is 6. The summed E-state index contributed by atoms with van der Waals surface area (Å²) in [7, 11) is 0. The molecular formula is C18H14F3N7. The van der Waals surface area contributed by atoms with Crippen LogP contribution in [-0.4, -0.2) is 36.1 Å². The third-order valence-electron chi connectivity index (χ3n) is 4.84. The Hall–Kier alpha value is -3.43. The molecular weight excluding hydrogens is 371 g/mol. The fraction of sp³-hybridized carbons (Fsp3) is 0.222. The number of anilines is 1. The molecule has 0 aliphatic carbocycles. The van der Waals surface area contributed by atoms with Crippen molar-refractivity contribution < 1.29 is 13.2 Å². The van der Waals surface area contributed by atoms with Crippen molar-refractivity contribution in [2.24, 2.45) is 0 Å². The highest BCUT2D eigenvalue weighted by atomic mass is 19.3. The van der Waals surface area contributed by atoms with E-state index in [2.05, 4.69) is 25.0 Å². The molecule has 28 heavy (non-hydrogen) atoms. The van der Waals surface area contributed by atoms with Crippen LogP contribution in [0.3, 0.4) is 0 Å². The van der Waals surface area contributed by atoms with Gasteiger partial charge in [0.1, 0.15) is 17.4 Å². The number of aromatic nitrogens is 6. The van der Waals surface area contributed by atoms with Gasteiger partial charge in [0.15, 0.2) is 0 Å². The molecule has 4 aromatic rings. The number of fused-ring (bicyclic) bond motifs is 2. The number of hydrogen-bond acceptors (Lipinski definition) is 5. The molecule has 0 amide bonds. The summed E-state index contributed by atoms with van der Waals surface area (Å²) >= 11 is 0. The predicted octanol–water partition coefficient (Wildman–Crippen LogP) is 3.08. The highest BCUT2D eigenvalue weighted by molar-refractivity contribution is 5.53. The van der Waals surface area contributed by atoms with E-state index in [9.17, 15) is 13.2 Å². The zero-order valence-electron chi connectivity index (χ0n) is 14.4. The maximum absolute atomic E-state index is 14.2. The number of alkyl halides is 2. The molecule has 0 aromatic carbocycles. The summed E-state index contributed by atoms with van der Waals surface area (Å²) < 4.78 is 41.3. The summed E-state index contributed by atoms with van der Waals surface area (Å²) in [6.45, 7) is 0.532. The molecule has 1 atom stereocenters. The molecule has 0 bridgehead atoms. The Morgan fingerprint density at radius 1 is 1.18 bits per heavy atom. The Kier molecular flexibility index (Phi) is 3.78. The highest BCUT2D eigenvalue weighted by Crippen LogP contribution is 2.35. The van der Waals surface area contributed by atoms with Crippen molar-refractivity contribution in [3.63, 3.8) is 0 Å². The molecule has 0 spiro atoms. The fourth-order valence-electron chi connectivity index (χ4n) is 3.52. The molecule has 1 N–H and O–H groups in total. The molecule has 10 heteroatoms. The number of hydrogen-bond donors (Lipinski definition) is 1. The van der Waals surface area contributed by atoms with Crippen LogP contribution in [0.15, 0.2) is 43.1 Å². The van der Waals surface area contributed by atoms with Crippen molar-refractivity contribution in [1.29, 1.82) is 0 Å². The van der Waals surface area contributed by atoms with E-state index in [1.807, 2.05) is 4.90 Å². The van der Waals surface area contributed by atoms with Crippen LogP contribution in [0.4, 0.5) is 19.1 Å². The molecule has 0 unspecified atom stereocenters. The van der Waals surface area contributed by atoms with E-state index in [1.165, 1.54) is 10.6 Å². The number of imidazole rings is 1. The quantitative estimate of drug-likeness (QED) is 0.587. The molecule has 7 nitrogen and oxygen atoms in total. The number of H-pyrrole nitrogens is 1. The fourth-order valence-corrected chi connectivity index (χ4v) is 3.52. The molecule has 4 aromatic heterocycles. The molecule has 0 saturated heterocycles. The maximum atomic E-state index is 14.2. The first-order chi connectivity index (χ1) is 13.6. The van der Waals surface area contributed by atoms with Gasteiger partial charge in [-0.1, -0.05) is 0 Å². The van der Waals surface area contributed by atoms with Gasteiger partial charge in [-0.3, -0.25) is 0 Å². The van der Waals surface area contributed by atoms with E-state index in [4.69, 9.17) is 0 Å². The van der Waals surface area contributed by atoms with Gasteiger partial charge in [-0.15, -0.1) is 0 Å². The minimum atomic E-state index is -2.63. The Morgan fingerprint density at radius 2 is 2.00 bits per heavy atom. The van der Waals surface area contributed by atoms with Gasteiger partial charge < -0.3 is 9.88 Å². The lowest BCUT2D eigenvalue weighted by atomic mass is 10.00. The van der Waals surface area contributed by atoms with Gasteiger partial charge in [-0.2, -0.15) is 5.10 Å². The van der Waals surface area contributed by atoms with Crippen molar-refractivity contribution in [2.45, 2.75) is 18.9 Å². The van der Waals surface area contributed by atoms with E-state index in [0.717, 1.165) is 23.8 Å². The minimum Gasteiger partial charge on any atom is -0.348 e. The average molecular weight is 385 g/mol. The van der Waals surface area contributed by atoms with Crippen LogP contribution in [-0.2, 0) is 6.42 Å². The molecule has 1 aliphatic rings. The van der Waals surface area contributed by atoms with E-state index in [-0.39, 0.29) is 11.4 Å². The van der Waals surface area contributed by atoms with Crippen LogP contribution in [0.25, 0.3) is 5.52 Å². The average Bonchev–Trinajstić information content (AvgIpc) is 3.34. The Balaban J connectivity index is 1.63. The van der Waals surface area contributed by atoms with Crippen LogP contribution >= 0.6 is 0 Å². The summed E-state index contributed by atoms with van der Waals surface area (Å²) in [5, 5.41) is 4.50. The largest absolute Gasteiger partial charge is 0.348 e. The second kappa shape index (κ2) is 6.32. The number of nitrogens with one attached hydrogen (secondary N) is 1. The lowest BCUT2D eigenvalue weighted by Crippen LogP contribution is -2.37. The topological polar surface area (TPSA) is 75.0 Å². The molecule has 0 saturated carbocycles. The Morgan fingerprint density at radius 3 is 2.75 bits per heavy atom. The van der Waals surface area contributed by atoms with Crippen LogP contribution in [0.1, 0.15) is 35.1 Å². The zero-order valence-corrected chi connectivity index (χ0v) is 14.4. The number of pyridine rings is 1. The first-order valence-corrected chi connectivity index (χ1v) is 8.64. The van der Waals surface area contributed by atoms with Gasteiger partial charge in [-0.05, 0) is 18.2 Å². The molecule has 0 radical (unpaired) electrons. The number of aromatic amines is 1. The van der Waals surface area contributed by atoms with E-state index in [1.54, 1.807) is 24.7 Å². The van der Waals surface area contributed by atoms with Gasteiger partial charge in [0, 0.05) is 37.3 Å². The van der Waals surface area contributed by atoms with Crippen LogP contribution < -0.4 is 4.90 Å². The smallest absolute Gasteiger partial charge is 0.266 e. The van der Waals surface area contributed by atoms with Crippen LogP contribution in [0, 0.1) is 5.82 Å². The van der Waals surface area contributed by atoms with Crippen molar-refractivity contribution in [3.05, 3.63) is 71.6 Å². The highest BCUT2D eigenvalue weighted by Gasteiger charge is 2.34. The van der Waals surface area contributed by atoms with Gasteiger partial charge in [0.2, 0.25) is 5.95 Å². The van der Waals surface area contributed by atoms with E-state index in [0.29, 0.717) is 30.1 Å². The molecule has 5 heterocycles. The van der Waals surface area contributed by atoms with E-state index < -0.39 is 12.5 Å². The van der Waals surface area contributed by atoms with E-state index >= 15 is 0 Å². The van der Waals surface area contributed by atoms with Crippen molar-refractivity contribution in [1.82, 2.24) is 29.5 Å². The summed E-state index contributed by atoms with van der Waals surface area (Å²) in [6, 6.07) is 4.13. The van der Waals surface area contributed by atoms with Gasteiger partial charge in [0.25, 0.3) is 6.43 Å².